The molecule has 0 saturated carbocycles. The second kappa shape index (κ2) is 6.98. The lowest BCUT2D eigenvalue weighted by atomic mass is 9.97. The number of hydrogen-bond donors (Lipinski definition) is 1. The number of aromatic nitrogens is 5. The lowest BCUT2D eigenvalue weighted by Crippen LogP contribution is -2.52. The van der Waals surface area contributed by atoms with Crippen molar-refractivity contribution in [1.29, 1.82) is 0 Å². The first kappa shape index (κ1) is 17.8. The van der Waals surface area contributed by atoms with Gasteiger partial charge in [-0.25, -0.2) is 4.98 Å². The minimum absolute atomic E-state index is 0.00368. The summed E-state index contributed by atoms with van der Waals surface area (Å²) in [5, 5.41) is 8.29. The highest BCUT2D eigenvalue weighted by molar-refractivity contribution is 5.97. The molecular formula is C20H23N7O2. The number of H-pyrrole nitrogens is 1. The second-order valence-electron chi connectivity index (χ2n) is 7.76. The van der Waals surface area contributed by atoms with Crippen molar-refractivity contribution < 1.29 is 9.59 Å². The van der Waals surface area contributed by atoms with Gasteiger partial charge in [-0.2, -0.15) is 0 Å². The highest BCUT2D eigenvalue weighted by Crippen LogP contribution is 2.23. The van der Waals surface area contributed by atoms with Gasteiger partial charge in [-0.3, -0.25) is 9.59 Å². The van der Waals surface area contributed by atoms with Gasteiger partial charge in [0.05, 0.1) is 23.3 Å². The molecule has 4 heterocycles. The van der Waals surface area contributed by atoms with E-state index in [0.29, 0.717) is 38.3 Å². The average Bonchev–Trinajstić information content (AvgIpc) is 3.38. The third-order valence-electron chi connectivity index (χ3n) is 6.03. The summed E-state index contributed by atoms with van der Waals surface area (Å²) >= 11 is 0. The molecule has 1 saturated heterocycles. The summed E-state index contributed by atoms with van der Waals surface area (Å²) in [4.78, 5) is 36.8. The largest absolute Gasteiger partial charge is 0.345 e. The number of carbonyl (C=O) groups excluding carboxylic acids is 2. The van der Waals surface area contributed by atoms with Crippen LogP contribution >= 0.6 is 0 Å². The maximum absolute atomic E-state index is 13.0. The zero-order valence-corrected chi connectivity index (χ0v) is 16.3. The molecule has 0 bridgehead atoms. The Hall–Kier alpha value is -3.23. The Morgan fingerprint density at radius 2 is 1.90 bits per heavy atom. The van der Waals surface area contributed by atoms with Gasteiger partial charge in [0.25, 0.3) is 5.91 Å². The van der Waals surface area contributed by atoms with E-state index in [0.717, 1.165) is 35.5 Å². The molecule has 29 heavy (non-hydrogen) atoms. The maximum atomic E-state index is 13.0. The number of amides is 2. The van der Waals surface area contributed by atoms with Crippen molar-refractivity contribution in [2.24, 2.45) is 5.92 Å². The van der Waals surface area contributed by atoms with E-state index >= 15 is 0 Å². The number of carbonyl (C=O) groups is 2. The highest BCUT2D eigenvalue weighted by atomic mass is 16.2. The molecule has 1 fully saturated rings. The number of benzene rings is 1. The maximum Gasteiger partial charge on any atom is 0.254 e. The van der Waals surface area contributed by atoms with E-state index in [4.69, 9.17) is 0 Å². The van der Waals surface area contributed by atoms with Gasteiger partial charge in [0.2, 0.25) is 5.91 Å². The van der Waals surface area contributed by atoms with Crippen LogP contribution in [-0.4, -0.2) is 72.5 Å². The van der Waals surface area contributed by atoms with Crippen molar-refractivity contribution in [2.75, 3.05) is 26.2 Å². The molecule has 2 amide bonds. The fourth-order valence-electron chi connectivity index (χ4n) is 4.30. The first-order valence-electron chi connectivity index (χ1n) is 10.00. The van der Waals surface area contributed by atoms with Gasteiger partial charge < -0.3 is 19.4 Å². The molecular weight excluding hydrogens is 370 g/mol. The Labute approximate surface area is 167 Å². The summed E-state index contributed by atoms with van der Waals surface area (Å²) in [5.74, 6) is 1.96. The number of aryl methyl sites for hydroxylation is 2. The standard InChI is InChI=1S/C20H23N7O2/c1-13-23-24-18-5-3-15(11-27(13)18)20(29)26-8-6-25(7-9-26)19(28)14-2-4-16-17(10-14)22-12-21-16/h2,4,10,12,15H,3,5-9,11H2,1H3,(H,21,22)/t15-/m0/s1. The van der Waals surface area contributed by atoms with E-state index < -0.39 is 0 Å². The topological polar surface area (TPSA) is 100 Å². The van der Waals surface area contributed by atoms with E-state index in [1.54, 1.807) is 6.33 Å². The zero-order chi connectivity index (χ0) is 20.0. The number of nitrogens with one attached hydrogen (secondary N) is 1. The molecule has 1 N–H and O–H groups in total. The number of rotatable bonds is 2. The Bertz CT molecular complexity index is 1080. The van der Waals surface area contributed by atoms with Crippen LogP contribution in [0.15, 0.2) is 24.5 Å². The van der Waals surface area contributed by atoms with Gasteiger partial charge in [0, 0.05) is 44.7 Å². The SMILES string of the molecule is Cc1nnc2n1C[C@@H](C(=O)N1CCN(C(=O)c3ccc4nc[nH]c4c3)CC1)CC2. The third-order valence-corrected chi connectivity index (χ3v) is 6.03. The molecule has 3 aromatic rings. The fraction of sp³-hybridized carbons (Fsp3) is 0.450. The van der Waals surface area contributed by atoms with E-state index in [9.17, 15) is 9.59 Å². The Morgan fingerprint density at radius 3 is 2.72 bits per heavy atom. The molecule has 2 aliphatic rings. The molecule has 0 spiro atoms. The summed E-state index contributed by atoms with van der Waals surface area (Å²) in [7, 11) is 0. The van der Waals surface area contributed by atoms with Crippen LogP contribution in [0, 0.1) is 12.8 Å². The van der Waals surface area contributed by atoms with Crippen molar-refractivity contribution in [2.45, 2.75) is 26.3 Å². The van der Waals surface area contributed by atoms with Crippen molar-refractivity contribution in [1.82, 2.24) is 34.5 Å². The van der Waals surface area contributed by atoms with Crippen molar-refractivity contribution in [3.8, 4) is 0 Å². The van der Waals surface area contributed by atoms with E-state index in [-0.39, 0.29) is 17.7 Å². The van der Waals surface area contributed by atoms with Gasteiger partial charge in [0.1, 0.15) is 11.6 Å². The molecule has 2 aromatic heterocycles. The van der Waals surface area contributed by atoms with Gasteiger partial charge in [-0.15, -0.1) is 10.2 Å². The summed E-state index contributed by atoms with van der Waals surface area (Å²) in [5.41, 5.74) is 2.34. The normalized spacial score (nSPS) is 19.4. The highest BCUT2D eigenvalue weighted by Gasteiger charge is 2.32. The number of aromatic amines is 1. The summed E-state index contributed by atoms with van der Waals surface area (Å²) in [6.45, 7) is 4.82. The summed E-state index contributed by atoms with van der Waals surface area (Å²) < 4.78 is 2.05. The minimum atomic E-state index is -0.0396. The van der Waals surface area contributed by atoms with E-state index in [2.05, 4.69) is 24.7 Å². The monoisotopic (exact) mass is 393 g/mol. The Balaban J connectivity index is 1.21. The molecule has 0 radical (unpaired) electrons. The van der Waals surface area contributed by atoms with Crippen LogP contribution in [0.1, 0.15) is 28.4 Å². The van der Waals surface area contributed by atoms with Gasteiger partial charge in [-0.05, 0) is 31.5 Å². The molecule has 9 nitrogen and oxygen atoms in total. The first-order valence-corrected chi connectivity index (χ1v) is 10.00. The van der Waals surface area contributed by atoms with E-state index in [1.807, 2.05) is 34.9 Å². The van der Waals surface area contributed by atoms with Gasteiger partial charge >= 0.3 is 0 Å². The zero-order valence-electron chi connectivity index (χ0n) is 16.3. The van der Waals surface area contributed by atoms with Crippen LogP contribution in [-0.2, 0) is 17.8 Å². The quantitative estimate of drug-likeness (QED) is 0.700. The van der Waals surface area contributed by atoms with E-state index in [1.165, 1.54) is 0 Å². The number of hydrogen-bond acceptors (Lipinski definition) is 5. The number of piperazine rings is 1. The van der Waals surface area contributed by atoms with Crippen molar-refractivity contribution in [3.05, 3.63) is 41.7 Å². The third kappa shape index (κ3) is 3.16. The summed E-state index contributed by atoms with van der Waals surface area (Å²) in [6.07, 6.45) is 3.21. The predicted molar refractivity (Wildman–Crippen MR) is 105 cm³/mol. The number of nitrogens with zero attached hydrogens (tertiary/aromatic N) is 6. The van der Waals surface area contributed by atoms with Crippen LogP contribution in [0.25, 0.3) is 11.0 Å². The molecule has 0 aliphatic carbocycles. The Kier molecular flexibility index (Phi) is 4.30. The molecule has 5 rings (SSSR count). The van der Waals surface area contributed by atoms with Crippen LogP contribution in [0.3, 0.4) is 0 Å². The van der Waals surface area contributed by atoms with Crippen molar-refractivity contribution >= 4 is 22.8 Å². The first-order chi connectivity index (χ1) is 14.1. The van der Waals surface area contributed by atoms with Crippen LogP contribution in [0.5, 0.6) is 0 Å². The summed E-state index contributed by atoms with van der Waals surface area (Å²) in [6, 6.07) is 5.50. The van der Waals surface area contributed by atoms with Gasteiger partial charge in [-0.1, -0.05) is 0 Å². The number of fused-ring (bicyclic) bond motifs is 2. The van der Waals surface area contributed by atoms with Gasteiger partial charge in [0.15, 0.2) is 0 Å². The molecule has 0 unspecified atom stereocenters. The second-order valence-corrected chi connectivity index (χ2v) is 7.76. The molecule has 1 atom stereocenters. The van der Waals surface area contributed by atoms with Crippen LogP contribution in [0.4, 0.5) is 0 Å². The fourth-order valence-corrected chi connectivity index (χ4v) is 4.30. The molecule has 1 aromatic carbocycles. The van der Waals surface area contributed by atoms with Crippen molar-refractivity contribution in [3.63, 3.8) is 0 Å². The molecule has 9 heteroatoms. The minimum Gasteiger partial charge on any atom is -0.345 e. The molecule has 150 valence electrons. The smallest absolute Gasteiger partial charge is 0.254 e. The predicted octanol–water partition coefficient (Wildman–Crippen LogP) is 1.01. The Morgan fingerprint density at radius 1 is 1.10 bits per heavy atom. The average molecular weight is 393 g/mol. The number of imidazole rings is 1. The lowest BCUT2D eigenvalue weighted by Gasteiger charge is -2.37. The van der Waals surface area contributed by atoms with Crippen LogP contribution in [0.2, 0.25) is 0 Å². The lowest BCUT2D eigenvalue weighted by molar-refractivity contribution is -0.138. The van der Waals surface area contributed by atoms with Crippen LogP contribution < -0.4 is 0 Å². The molecule has 2 aliphatic heterocycles.